The van der Waals surface area contributed by atoms with Gasteiger partial charge in [0.1, 0.15) is 11.5 Å². The summed E-state index contributed by atoms with van der Waals surface area (Å²) in [5.41, 5.74) is 7.34. The highest BCUT2D eigenvalue weighted by Gasteiger charge is 2.38. The van der Waals surface area contributed by atoms with Gasteiger partial charge in [-0.3, -0.25) is 4.90 Å². The Labute approximate surface area is 128 Å². The van der Waals surface area contributed by atoms with Gasteiger partial charge in [-0.25, -0.2) is 0 Å². The van der Waals surface area contributed by atoms with Crippen LogP contribution in [0.5, 0.6) is 11.5 Å². The monoisotopic (exact) mass is 292 g/mol. The van der Waals surface area contributed by atoms with Crippen molar-refractivity contribution >= 4 is 0 Å². The molecule has 0 aromatic heterocycles. The summed E-state index contributed by atoms with van der Waals surface area (Å²) in [5.74, 6) is 1.65. The zero-order valence-electron chi connectivity index (χ0n) is 13.7. The van der Waals surface area contributed by atoms with Crippen molar-refractivity contribution in [2.75, 3.05) is 27.3 Å². The molecule has 1 aromatic carbocycles. The molecule has 4 nitrogen and oxygen atoms in total. The Bertz CT molecular complexity index is 468. The summed E-state index contributed by atoms with van der Waals surface area (Å²) in [7, 11) is 3.37. The van der Waals surface area contributed by atoms with E-state index in [-0.39, 0.29) is 0 Å². The number of nitrogens with two attached hydrogens (primary N) is 1. The molecule has 1 aliphatic rings. The van der Waals surface area contributed by atoms with Crippen LogP contribution in [0, 0.1) is 0 Å². The van der Waals surface area contributed by atoms with Crippen molar-refractivity contribution in [1.82, 2.24) is 4.90 Å². The number of benzene rings is 1. The molecule has 21 heavy (non-hydrogen) atoms. The summed E-state index contributed by atoms with van der Waals surface area (Å²) in [4.78, 5) is 2.51. The highest BCUT2D eigenvalue weighted by Crippen LogP contribution is 2.37. The van der Waals surface area contributed by atoms with Gasteiger partial charge in [0.2, 0.25) is 0 Å². The molecule has 4 heteroatoms. The second-order valence-corrected chi connectivity index (χ2v) is 6.02. The van der Waals surface area contributed by atoms with Crippen molar-refractivity contribution in [3.8, 4) is 11.5 Å². The van der Waals surface area contributed by atoms with Gasteiger partial charge in [-0.05, 0) is 57.5 Å². The SMILES string of the molecule is CCC(N1CCCC1)C(C)(N)c1cc(OC)ccc1OC. The Morgan fingerprint density at radius 2 is 1.90 bits per heavy atom. The number of ether oxygens (including phenoxy) is 2. The minimum atomic E-state index is -0.473. The van der Waals surface area contributed by atoms with Crippen molar-refractivity contribution in [2.45, 2.75) is 44.7 Å². The summed E-state index contributed by atoms with van der Waals surface area (Å²) in [5, 5.41) is 0. The number of hydrogen-bond donors (Lipinski definition) is 1. The van der Waals surface area contributed by atoms with Gasteiger partial charge in [0, 0.05) is 11.6 Å². The number of likely N-dealkylation sites (tertiary alicyclic amines) is 1. The van der Waals surface area contributed by atoms with Gasteiger partial charge >= 0.3 is 0 Å². The van der Waals surface area contributed by atoms with Gasteiger partial charge in [0.05, 0.1) is 19.8 Å². The molecule has 0 amide bonds. The molecule has 1 heterocycles. The third kappa shape index (κ3) is 3.16. The lowest BCUT2D eigenvalue weighted by molar-refractivity contribution is 0.149. The fourth-order valence-electron chi connectivity index (χ4n) is 3.53. The van der Waals surface area contributed by atoms with Crippen LogP contribution in [0.1, 0.15) is 38.7 Å². The zero-order chi connectivity index (χ0) is 15.5. The summed E-state index contributed by atoms with van der Waals surface area (Å²) >= 11 is 0. The number of nitrogens with zero attached hydrogens (tertiary/aromatic N) is 1. The second kappa shape index (κ2) is 6.67. The Kier molecular flexibility index (Phi) is 5.12. The Morgan fingerprint density at radius 1 is 1.24 bits per heavy atom. The second-order valence-electron chi connectivity index (χ2n) is 6.02. The maximum Gasteiger partial charge on any atom is 0.124 e. The molecule has 0 bridgehead atoms. The topological polar surface area (TPSA) is 47.7 Å². The first-order valence-electron chi connectivity index (χ1n) is 7.80. The molecular weight excluding hydrogens is 264 g/mol. The third-order valence-corrected chi connectivity index (χ3v) is 4.65. The van der Waals surface area contributed by atoms with Gasteiger partial charge in [-0.1, -0.05) is 6.92 Å². The summed E-state index contributed by atoms with van der Waals surface area (Å²) in [6.45, 7) is 6.59. The van der Waals surface area contributed by atoms with E-state index in [0.717, 1.165) is 36.6 Å². The van der Waals surface area contributed by atoms with E-state index < -0.39 is 5.54 Å². The lowest BCUT2D eigenvalue weighted by Gasteiger charge is -2.40. The fraction of sp³-hybridized carbons (Fsp3) is 0.647. The molecule has 1 saturated heterocycles. The molecule has 1 aliphatic heterocycles. The minimum absolute atomic E-state index is 0.306. The molecule has 118 valence electrons. The molecule has 0 saturated carbocycles. The Hall–Kier alpha value is -1.26. The van der Waals surface area contributed by atoms with Crippen molar-refractivity contribution in [3.63, 3.8) is 0 Å². The smallest absolute Gasteiger partial charge is 0.124 e. The molecule has 2 unspecified atom stereocenters. The van der Waals surface area contributed by atoms with Gasteiger partial charge in [0.25, 0.3) is 0 Å². The molecule has 0 aliphatic carbocycles. The van der Waals surface area contributed by atoms with Crippen molar-refractivity contribution in [2.24, 2.45) is 5.73 Å². The van der Waals surface area contributed by atoms with Crippen LogP contribution in [0.2, 0.25) is 0 Å². The van der Waals surface area contributed by atoms with E-state index in [2.05, 4.69) is 18.7 Å². The van der Waals surface area contributed by atoms with Gasteiger partial charge in [0.15, 0.2) is 0 Å². The largest absolute Gasteiger partial charge is 0.497 e. The van der Waals surface area contributed by atoms with Crippen molar-refractivity contribution < 1.29 is 9.47 Å². The van der Waals surface area contributed by atoms with E-state index in [1.165, 1.54) is 12.8 Å². The number of hydrogen-bond acceptors (Lipinski definition) is 4. The predicted molar refractivity (Wildman–Crippen MR) is 86.0 cm³/mol. The van der Waals surface area contributed by atoms with E-state index in [1.54, 1.807) is 14.2 Å². The Morgan fingerprint density at radius 3 is 2.43 bits per heavy atom. The van der Waals surface area contributed by atoms with Gasteiger partial charge < -0.3 is 15.2 Å². The highest BCUT2D eigenvalue weighted by molar-refractivity contribution is 5.45. The van der Waals surface area contributed by atoms with Gasteiger partial charge in [-0.15, -0.1) is 0 Å². The molecule has 2 rings (SSSR count). The molecule has 1 aromatic rings. The van der Waals surface area contributed by atoms with Crippen molar-refractivity contribution in [1.29, 1.82) is 0 Å². The molecule has 0 radical (unpaired) electrons. The standard InChI is InChI=1S/C17H28N2O2/c1-5-16(19-10-6-7-11-19)17(2,18)14-12-13(20-3)8-9-15(14)21-4/h8-9,12,16H,5-7,10-11,18H2,1-4H3. The van der Waals surface area contributed by atoms with Crippen LogP contribution in [0.25, 0.3) is 0 Å². The fourth-order valence-corrected chi connectivity index (χ4v) is 3.53. The first-order chi connectivity index (χ1) is 10.0. The van der Waals surface area contributed by atoms with E-state index in [1.807, 2.05) is 18.2 Å². The molecule has 0 spiro atoms. The van der Waals surface area contributed by atoms with Gasteiger partial charge in [-0.2, -0.15) is 0 Å². The normalized spacial score (nSPS) is 20.0. The average molecular weight is 292 g/mol. The van der Waals surface area contributed by atoms with E-state index in [9.17, 15) is 0 Å². The zero-order valence-corrected chi connectivity index (χ0v) is 13.7. The number of methoxy groups -OCH3 is 2. The van der Waals surface area contributed by atoms with Crippen LogP contribution in [0.4, 0.5) is 0 Å². The van der Waals surface area contributed by atoms with Crippen LogP contribution in [0.15, 0.2) is 18.2 Å². The maximum absolute atomic E-state index is 6.80. The van der Waals surface area contributed by atoms with Crippen LogP contribution >= 0.6 is 0 Å². The Balaban J connectivity index is 2.40. The first-order valence-corrected chi connectivity index (χ1v) is 7.80. The van der Waals surface area contributed by atoms with Crippen LogP contribution in [0.3, 0.4) is 0 Å². The van der Waals surface area contributed by atoms with E-state index in [0.29, 0.717) is 6.04 Å². The predicted octanol–water partition coefficient (Wildman–Crippen LogP) is 2.75. The average Bonchev–Trinajstić information content (AvgIpc) is 3.01. The molecule has 1 fully saturated rings. The van der Waals surface area contributed by atoms with Crippen LogP contribution in [-0.4, -0.2) is 38.3 Å². The molecular formula is C17H28N2O2. The quantitative estimate of drug-likeness (QED) is 0.876. The van der Waals surface area contributed by atoms with Crippen LogP contribution in [-0.2, 0) is 5.54 Å². The maximum atomic E-state index is 6.80. The third-order valence-electron chi connectivity index (χ3n) is 4.65. The van der Waals surface area contributed by atoms with E-state index >= 15 is 0 Å². The van der Waals surface area contributed by atoms with Crippen molar-refractivity contribution in [3.05, 3.63) is 23.8 Å². The van der Waals surface area contributed by atoms with E-state index in [4.69, 9.17) is 15.2 Å². The lowest BCUT2D eigenvalue weighted by atomic mass is 9.82. The lowest BCUT2D eigenvalue weighted by Crippen LogP contribution is -2.53. The minimum Gasteiger partial charge on any atom is -0.497 e. The first kappa shape index (κ1) is 16.1. The summed E-state index contributed by atoms with van der Waals surface area (Å²) in [6.07, 6.45) is 3.55. The molecule has 2 atom stereocenters. The van der Waals surface area contributed by atoms with Crippen LogP contribution < -0.4 is 15.2 Å². The number of rotatable bonds is 6. The molecule has 2 N–H and O–H groups in total. The summed E-state index contributed by atoms with van der Waals surface area (Å²) < 4.78 is 10.9. The summed E-state index contributed by atoms with van der Waals surface area (Å²) in [6, 6.07) is 6.17. The highest BCUT2D eigenvalue weighted by atomic mass is 16.5.